The fourth-order valence-corrected chi connectivity index (χ4v) is 1.81. The van der Waals surface area contributed by atoms with Gasteiger partial charge in [0.2, 0.25) is 0 Å². The number of hydrogen-bond acceptors (Lipinski definition) is 3. The summed E-state index contributed by atoms with van der Waals surface area (Å²) in [5, 5.41) is 2.87. The minimum atomic E-state index is -4.51. The van der Waals surface area contributed by atoms with Gasteiger partial charge in [-0.05, 0) is 25.0 Å². The molecule has 0 heterocycles. The molecule has 0 saturated carbocycles. The first-order valence-corrected chi connectivity index (χ1v) is 6.31. The molecule has 0 spiro atoms. The highest BCUT2D eigenvalue weighted by atomic mass is 19.4. The van der Waals surface area contributed by atoms with E-state index in [1.54, 1.807) is 6.92 Å². The predicted molar refractivity (Wildman–Crippen MR) is 69.1 cm³/mol. The van der Waals surface area contributed by atoms with E-state index in [-0.39, 0.29) is 11.6 Å². The Morgan fingerprint density at radius 1 is 1.35 bits per heavy atom. The summed E-state index contributed by atoms with van der Waals surface area (Å²) in [4.78, 5) is 11.8. The van der Waals surface area contributed by atoms with Crippen LogP contribution in [-0.4, -0.2) is 19.1 Å². The molecule has 0 radical (unpaired) electrons. The number of alkyl halides is 3. The number of carbonyl (C=O) groups is 1. The number of halogens is 3. The van der Waals surface area contributed by atoms with Crippen molar-refractivity contribution in [3.63, 3.8) is 0 Å². The van der Waals surface area contributed by atoms with Crippen molar-refractivity contribution < 1.29 is 22.7 Å². The van der Waals surface area contributed by atoms with E-state index < -0.39 is 23.8 Å². The van der Waals surface area contributed by atoms with Gasteiger partial charge in [-0.1, -0.05) is 25.1 Å². The van der Waals surface area contributed by atoms with Gasteiger partial charge in [0, 0.05) is 6.04 Å². The summed E-state index contributed by atoms with van der Waals surface area (Å²) in [6.07, 6.45) is -3.83. The van der Waals surface area contributed by atoms with Gasteiger partial charge in [-0.15, -0.1) is 0 Å². The maximum atomic E-state index is 13.0. The number of esters is 1. The molecule has 2 unspecified atom stereocenters. The molecular formula is C14H18F3NO2. The standard InChI is InChI=1S/C14H18F3NO2/c1-4-9(2)18-12(13(19)20-3)10-7-5-6-8-11(10)14(15,16)17/h5-9,12,18H,4H2,1-3H3. The Morgan fingerprint density at radius 2 is 1.95 bits per heavy atom. The van der Waals surface area contributed by atoms with Crippen molar-refractivity contribution in [2.24, 2.45) is 0 Å². The van der Waals surface area contributed by atoms with E-state index >= 15 is 0 Å². The van der Waals surface area contributed by atoms with Crippen molar-refractivity contribution in [2.45, 2.75) is 38.5 Å². The Kier molecular flexibility index (Phi) is 5.56. The Bertz CT molecular complexity index is 460. The summed E-state index contributed by atoms with van der Waals surface area (Å²) in [5.41, 5.74) is -0.946. The number of benzene rings is 1. The van der Waals surface area contributed by atoms with Crippen LogP contribution in [-0.2, 0) is 15.7 Å². The molecule has 6 heteroatoms. The molecule has 0 bridgehead atoms. The zero-order chi connectivity index (χ0) is 15.3. The minimum absolute atomic E-state index is 0.111. The van der Waals surface area contributed by atoms with Crippen LogP contribution in [0.1, 0.15) is 37.4 Å². The van der Waals surface area contributed by atoms with Crippen molar-refractivity contribution in [2.75, 3.05) is 7.11 Å². The van der Waals surface area contributed by atoms with E-state index in [0.29, 0.717) is 6.42 Å². The highest BCUT2D eigenvalue weighted by Crippen LogP contribution is 2.35. The molecular weight excluding hydrogens is 271 g/mol. The monoisotopic (exact) mass is 289 g/mol. The molecule has 1 rings (SSSR count). The lowest BCUT2D eigenvalue weighted by molar-refractivity contribution is -0.145. The number of rotatable bonds is 5. The molecule has 0 aromatic heterocycles. The number of carbonyl (C=O) groups excluding carboxylic acids is 1. The normalized spacial score (nSPS) is 14.7. The predicted octanol–water partition coefficient (Wildman–Crippen LogP) is 3.31. The zero-order valence-corrected chi connectivity index (χ0v) is 11.6. The van der Waals surface area contributed by atoms with Gasteiger partial charge in [0.15, 0.2) is 0 Å². The topological polar surface area (TPSA) is 38.3 Å². The summed E-state index contributed by atoms with van der Waals surface area (Å²) >= 11 is 0. The second kappa shape index (κ2) is 6.74. The zero-order valence-electron chi connectivity index (χ0n) is 11.6. The first-order chi connectivity index (χ1) is 9.31. The van der Waals surface area contributed by atoms with Crippen LogP contribution in [0.15, 0.2) is 24.3 Å². The minimum Gasteiger partial charge on any atom is -0.468 e. The third kappa shape index (κ3) is 3.96. The highest BCUT2D eigenvalue weighted by Gasteiger charge is 2.37. The molecule has 20 heavy (non-hydrogen) atoms. The van der Waals surface area contributed by atoms with Gasteiger partial charge < -0.3 is 4.74 Å². The average molecular weight is 289 g/mol. The lowest BCUT2D eigenvalue weighted by Gasteiger charge is -2.23. The van der Waals surface area contributed by atoms with Gasteiger partial charge in [-0.2, -0.15) is 13.2 Å². The third-order valence-electron chi connectivity index (χ3n) is 3.08. The van der Waals surface area contributed by atoms with E-state index in [9.17, 15) is 18.0 Å². The van der Waals surface area contributed by atoms with Crippen LogP contribution in [0.4, 0.5) is 13.2 Å². The molecule has 0 aliphatic rings. The molecule has 0 fully saturated rings. The molecule has 0 amide bonds. The van der Waals surface area contributed by atoms with E-state index in [0.717, 1.165) is 13.2 Å². The van der Waals surface area contributed by atoms with Gasteiger partial charge in [0.1, 0.15) is 6.04 Å². The summed E-state index contributed by atoms with van der Waals surface area (Å²) in [5.74, 6) is -0.734. The van der Waals surface area contributed by atoms with Crippen molar-refractivity contribution in [1.29, 1.82) is 0 Å². The Hall–Kier alpha value is -1.56. The second-order valence-electron chi connectivity index (χ2n) is 4.52. The average Bonchev–Trinajstić information content (AvgIpc) is 2.42. The second-order valence-corrected chi connectivity index (χ2v) is 4.52. The Morgan fingerprint density at radius 3 is 2.45 bits per heavy atom. The largest absolute Gasteiger partial charge is 0.468 e. The Labute approximate surface area is 116 Å². The van der Waals surface area contributed by atoms with Crippen molar-refractivity contribution >= 4 is 5.97 Å². The van der Waals surface area contributed by atoms with Crippen LogP contribution >= 0.6 is 0 Å². The molecule has 2 atom stereocenters. The Balaban J connectivity index is 3.24. The summed E-state index contributed by atoms with van der Waals surface area (Å²) < 4.78 is 43.7. The molecule has 0 aliphatic carbocycles. The van der Waals surface area contributed by atoms with Crippen molar-refractivity contribution in [1.82, 2.24) is 5.32 Å². The SMILES string of the molecule is CCC(C)NC(C(=O)OC)c1ccccc1C(F)(F)F. The summed E-state index contributed by atoms with van der Waals surface area (Å²) in [7, 11) is 1.16. The molecule has 1 aromatic carbocycles. The van der Waals surface area contributed by atoms with Crippen LogP contribution in [0.5, 0.6) is 0 Å². The van der Waals surface area contributed by atoms with Gasteiger partial charge >= 0.3 is 12.1 Å². The van der Waals surface area contributed by atoms with Gasteiger partial charge in [-0.3, -0.25) is 5.32 Å². The molecule has 112 valence electrons. The van der Waals surface area contributed by atoms with E-state index in [4.69, 9.17) is 0 Å². The van der Waals surface area contributed by atoms with Gasteiger partial charge in [-0.25, -0.2) is 4.79 Å². The first kappa shape index (κ1) is 16.5. The molecule has 0 aliphatic heterocycles. The maximum Gasteiger partial charge on any atom is 0.416 e. The van der Waals surface area contributed by atoms with Gasteiger partial charge in [0.25, 0.3) is 0 Å². The van der Waals surface area contributed by atoms with Crippen LogP contribution in [0.25, 0.3) is 0 Å². The molecule has 1 aromatic rings. The van der Waals surface area contributed by atoms with E-state index in [2.05, 4.69) is 10.1 Å². The first-order valence-electron chi connectivity index (χ1n) is 6.31. The van der Waals surface area contributed by atoms with Crippen LogP contribution in [0.3, 0.4) is 0 Å². The maximum absolute atomic E-state index is 13.0. The summed E-state index contributed by atoms with van der Waals surface area (Å²) in [6.45, 7) is 3.67. The number of hydrogen-bond donors (Lipinski definition) is 1. The summed E-state index contributed by atoms with van der Waals surface area (Å²) in [6, 6.07) is 3.78. The van der Waals surface area contributed by atoms with Crippen molar-refractivity contribution in [3.8, 4) is 0 Å². The smallest absolute Gasteiger partial charge is 0.416 e. The van der Waals surface area contributed by atoms with Crippen molar-refractivity contribution in [3.05, 3.63) is 35.4 Å². The fraction of sp³-hybridized carbons (Fsp3) is 0.500. The third-order valence-corrected chi connectivity index (χ3v) is 3.08. The fourth-order valence-electron chi connectivity index (χ4n) is 1.81. The van der Waals surface area contributed by atoms with E-state index in [1.807, 2.05) is 6.92 Å². The lowest BCUT2D eigenvalue weighted by atomic mass is 9.99. The van der Waals surface area contributed by atoms with Crippen LogP contribution in [0, 0.1) is 0 Å². The van der Waals surface area contributed by atoms with E-state index in [1.165, 1.54) is 18.2 Å². The number of ether oxygens (including phenoxy) is 1. The highest BCUT2D eigenvalue weighted by molar-refractivity contribution is 5.78. The molecule has 1 N–H and O–H groups in total. The van der Waals surface area contributed by atoms with Crippen LogP contribution in [0.2, 0.25) is 0 Å². The molecule has 3 nitrogen and oxygen atoms in total. The number of methoxy groups -OCH3 is 1. The lowest BCUT2D eigenvalue weighted by Crippen LogP contribution is -2.36. The quantitative estimate of drug-likeness (QED) is 0.845. The van der Waals surface area contributed by atoms with Gasteiger partial charge in [0.05, 0.1) is 12.7 Å². The van der Waals surface area contributed by atoms with Crippen LogP contribution < -0.4 is 5.32 Å². The molecule has 0 saturated heterocycles. The number of nitrogens with one attached hydrogen (secondary N) is 1.